The summed E-state index contributed by atoms with van der Waals surface area (Å²) in [5, 5.41) is 12.5. The Morgan fingerprint density at radius 1 is 1.46 bits per heavy atom. The Labute approximate surface area is 155 Å². The van der Waals surface area contributed by atoms with E-state index >= 15 is 4.39 Å². The van der Waals surface area contributed by atoms with Crippen molar-refractivity contribution in [2.75, 3.05) is 24.5 Å². The van der Waals surface area contributed by atoms with Crippen LogP contribution in [0, 0.1) is 12.7 Å². The number of carbonyl (C=O) groups is 1. The second-order valence-corrected chi connectivity index (χ2v) is 6.81. The van der Waals surface area contributed by atoms with Crippen LogP contribution in [0.1, 0.15) is 47.1 Å². The van der Waals surface area contributed by atoms with Gasteiger partial charge in [-0.05, 0) is 32.7 Å². The van der Waals surface area contributed by atoms with E-state index in [1.165, 1.54) is 13.0 Å². The fourth-order valence-electron chi connectivity index (χ4n) is 3.57. The number of halogens is 1. The van der Waals surface area contributed by atoms with Gasteiger partial charge in [0.1, 0.15) is 11.4 Å². The van der Waals surface area contributed by atoms with Crippen molar-refractivity contribution >= 4 is 22.6 Å². The molecule has 4 rings (SSSR count). The minimum Gasteiger partial charge on any atom is -0.477 e. The fraction of sp³-hybridized carbons (Fsp3) is 0.474. The third-order valence-electron chi connectivity index (χ3n) is 4.97. The number of carboxylic acid groups (broad SMARTS) is 1. The normalized spacial score (nSPS) is 26.7. The van der Waals surface area contributed by atoms with Crippen LogP contribution >= 0.6 is 0 Å². The molecule has 26 heavy (non-hydrogen) atoms. The van der Waals surface area contributed by atoms with E-state index in [9.17, 15) is 14.7 Å². The lowest BCUT2D eigenvalue weighted by Crippen LogP contribution is -2.49. The van der Waals surface area contributed by atoms with Crippen molar-refractivity contribution in [3.05, 3.63) is 39.4 Å². The van der Waals surface area contributed by atoms with Gasteiger partial charge >= 0.3 is 5.97 Å². The summed E-state index contributed by atoms with van der Waals surface area (Å²) in [7, 11) is 0. The average Bonchev–Trinajstić information content (AvgIpc) is 3.06. The summed E-state index contributed by atoms with van der Waals surface area (Å²) in [4.78, 5) is 26.3. The highest BCUT2D eigenvalue weighted by atomic mass is 19.1. The molecule has 0 radical (unpaired) electrons. The number of aromatic nitrogens is 1. The highest BCUT2D eigenvalue weighted by Crippen LogP contribution is 2.39. The van der Waals surface area contributed by atoms with Crippen LogP contribution in [0.25, 0.3) is 10.9 Å². The van der Waals surface area contributed by atoms with Gasteiger partial charge in [-0.15, -0.1) is 0 Å². The molecule has 6 nitrogen and oxygen atoms in total. The molecule has 1 saturated carbocycles. The number of nitrogens with one attached hydrogen (secondary N) is 1. The first-order valence-electron chi connectivity index (χ1n) is 10.5. The van der Waals surface area contributed by atoms with E-state index < -0.39 is 41.6 Å². The summed E-state index contributed by atoms with van der Waals surface area (Å²) in [5.74, 6) is -2.16. The number of aryl methyl sites for hydroxylation is 1. The Balaban J connectivity index is 2.04. The van der Waals surface area contributed by atoms with Crippen LogP contribution in [0.2, 0.25) is 0 Å². The zero-order valence-corrected chi connectivity index (χ0v) is 14.5. The van der Waals surface area contributed by atoms with Gasteiger partial charge in [0.05, 0.1) is 16.6 Å². The predicted molar refractivity (Wildman–Crippen MR) is 97.8 cm³/mol. The van der Waals surface area contributed by atoms with Crippen molar-refractivity contribution in [3.8, 4) is 0 Å². The van der Waals surface area contributed by atoms with Gasteiger partial charge in [-0.1, -0.05) is 0 Å². The van der Waals surface area contributed by atoms with Crippen molar-refractivity contribution < 1.29 is 19.8 Å². The number of hydrogen-bond acceptors (Lipinski definition) is 4. The van der Waals surface area contributed by atoms with Crippen LogP contribution in [0.15, 0.2) is 17.1 Å². The number of piperazine rings is 1. The molecule has 2 aliphatic rings. The molecule has 0 amide bonds. The molecule has 0 bridgehead atoms. The predicted octanol–water partition coefficient (Wildman–Crippen LogP) is 2.28. The highest BCUT2D eigenvalue weighted by Gasteiger charge is 2.29. The SMILES string of the molecule is [2H]C1([2H])C(n2cc(C(=O)O)c(=O)c3c(C)c(F)c(N4CCNC(C)C4)cc32)C1([2H])[2H]. The van der Waals surface area contributed by atoms with Gasteiger partial charge in [0.2, 0.25) is 5.43 Å². The first-order chi connectivity index (χ1) is 13.9. The average molecular weight is 363 g/mol. The summed E-state index contributed by atoms with van der Waals surface area (Å²) < 4.78 is 48.4. The van der Waals surface area contributed by atoms with E-state index in [0.29, 0.717) is 19.6 Å². The number of carboxylic acids is 1. The maximum Gasteiger partial charge on any atom is 0.341 e. The number of aromatic carboxylic acids is 1. The molecule has 0 spiro atoms. The van der Waals surface area contributed by atoms with Crippen molar-refractivity contribution in [2.45, 2.75) is 38.7 Å². The van der Waals surface area contributed by atoms with Crippen molar-refractivity contribution in [3.63, 3.8) is 0 Å². The van der Waals surface area contributed by atoms with Gasteiger partial charge in [-0.25, -0.2) is 9.18 Å². The lowest BCUT2D eigenvalue weighted by atomic mass is 10.0. The first-order valence-corrected chi connectivity index (χ1v) is 8.49. The first kappa shape index (κ1) is 12.9. The molecule has 2 aromatic rings. The van der Waals surface area contributed by atoms with Gasteiger partial charge in [0.25, 0.3) is 0 Å². The maximum absolute atomic E-state index is 15.3. The lowest BCUT2D eigenvalue weighted by Gasteiger charge is -2.34. The number of fused-ring (bicyclic) bond motifs is 1. The molecule has 1 aromatic heterocycles. The molecule has 1 aromatic carbocycles. The minimum atomic E-state index is -2.25. The summed E-state index contributed by atoms with van der Waals surface area (Å²) >= 11 is 0. The summed E-state index contributed by atoms with van der Waals surface area (Å²) in [6.45, 7) is 5.02. The van der Waals surface area contributed by atoms with Gasteiger partial charge in [0.15, 0.2) is 0 Å². The largest absolute Gasteiger partial charge is 0.477 e. The second-order valence-electron chi connectivity index (χ2n) is 6.81. The molecule has 1 unspecified atom stereocenters. The fourth-order valence-corrected chi connectivity index (χ4v) is 3.57. The van der Waals surface area contributed by atoms with Gasteiger partial charge < -0.3 is 19.9 Å². The molecule has 1 saturated heterocycles. The third kappa shape index (κ3) is 2.67. The number of nitrogens with zero attached hydrogens (tertiary/aromatic N) is 2. The summed E-state index contributed by atoms with van der Waals surface area (Å²) in [6.07, 6.45) is -3.53. The molecule has 2 fully saturated rings. The number of anilines is 1. The Hall–Kier alpha value is -2.41. The summed E-state index contributed by atoms with van der Waals surface area (Å²) in [6, 6.07) is 0.191. The van der Waals surface area contributed by atoms with Crippen molar-refractivity contribution in [1.29, 1.82) is 0 Å². The van der Waals surface area contributed by atoms with Crippen molar-refractivity contribution in [2.24, 2.45) is 0 Å². The maximum atomic E-state index is 15.3. The Bertz CT molecular complexity index is 1120. The minimum absolute atomic E-state index is 0.0303. The molecule has 2 N–H and O–H groups in total. The molecule has 7 heteroatoms. The Morgan fingerprint density at radius 2 is 2.19 bits per heavy atom. The van der Waals surface area contributed by atoms with Gasteiger partial charge in [-0.3, -0.25) is 4.79 Å². The Kier molecular flexibility index (Phi) is 3.01. The number of rotatable bonds is 3. The van der Waals surface area contributed by atoms with Crippen LogP contribution in [0.3, 0.4) is 0 Å². The van der Waals surface area contributed by atoms with E-state index in [2.05, 4.69) is 5.32 Å². The van der Waals surface area contributed by atoms with Crippen LogP contribution in [0.4, 0.5) is 10.1 Å². The highest BCUT2D eigenvalue weighted by molar-refractivity contribution is 5.95. The quantitative estimate of drug-likeness (QED) is 0.875. The van der Waals surface area contributed by atoms with E-state index in [4.69, 9.17) is 5.48 Å². The zero-order valence-electron chi connectivity index (χ0n) is 18.5. The van der Waals surface area contributed by atoms with Gasteiger partial charge in [0, 0.05) is 49.0 Å². The molecule has 138 valence electrons. The molecule has 1 atom stereocenters. The molecular formula is C19H22FN3O3. The van der Waals surface area contributed by atoms with Crippen LogP contribution in [0.5, 0.6) is 0 Å². The van der Waals surface area contributed by atoms with Crippen LogP contribution in [-0.4, -0.2) is 41.3 Å². The molecule has 1 aliphatic heterocycles. The number of hydrogen-bond donors (Lipinski definition) is 2. The smallest absolute Gasteiger partial charge is 0.341 e. The van der Waals surface area contributed by atoms with E-state index in [1.54, 1.807) is 0 Å². The summed E-state index contributed by atoms with van der Waals surface area (Å²) in [5.41, 5.74) is -1.19. The van der Waals surface area contributed by atoms with Crippen LogP contribution in [-0.2, 0) is 0 Å². The topological polar surface area (TPSA) is 74.6 Å². The van der Waals surface area contributed by atoms with E-state index in [-0.39, 0.29) is 28.2 Å². The third-order valence-corrected chi connectivity index (χ3v) is 4.97. The molecular weight excluding hydrogens is 337 g/mol. The zero-order chi connectivity index (χ0) is 22.2. The van der Waals surface area contributed by atoms with Crippen molar-refractivity contribution in [1.82, 2.24) is 9.88 Å². The van der Waals surface area contributed by atoms with E-state index in [0.717, 1.165) is 10.8 Å². The second kappa shape index (κ2) is 6.09. The monoisotopic (exact) mass is 363 g/mol. The lowest BCUT2D eigenvalue weighted by molar-refractivity contribution is 0.0695. The Morgan fingerprint density at radius 3 is 2.81 bits per heavy atom. The molecule has 2 heterocycles. The number of pyridine rings is 1. The standard InChI is InChI=1S/C19H22FN3O3/c1-10-8-22(6-5-21-10)15-7-14-16(11(2)17(15)20)18(24)13(19(25)26)9-23(14)12-3-4-12/h7,9-10,12,21H,3-6,8H2,1-2H3,(H,25,26)/i3D2,4D2. The van der Waals surface area contributed by atoms with Crippen LogP contribution < -0.4 is 15.6 Å². The molecule has 1 aliphatic carbocycles. The van der Waals surface area contributed by atoms with Gasteiger partial charge in [-0.2, -0.15) is 0 Å². The van der Waals surface area contributed by atoms with E-state index in [1.807, 2.05) is 11.8 Å². The number of benzene rings is 1.